The molecule has 1 heteroatoms. The van der Waals surface area contributed by atoms with Crippen LogP contribution in [0.25, 0.3) is 0 Å². The fourth-order valence-electron chi connectivity index (χ4n) is 2.66. The first-order chi connectivity index (χ1) is 7.93. The van der Waals surface area contributed by atoms with Crippen LogP contribution < -0.4 is 5.32 Å². The summed E-state index contributed by atoms with van der Waals surface area (Å²) >= 11 is 0. The third-order valence-corrected chi connectivity index (χ3v) is 3.71. The molecule has 1 rings (SSSR count). The molecule has 0 radical (unpaired) electrons. The quantitative estimate of drug-likeness (QED) is 0.817. The highest BCUT2D eigenvalue weighted by Gasteiger charge is 2.20. The normalized spacial score (nSPS) is 15.0. The lowest BCUT2D eigenvalue weighted by Gasteiger charge is -2.27. The average Bonchev–Trinajstić information content (AvgIpc) is 2.23. The van der Waals surface area contributed by atoms with Gasteiger partial charge in [0.1, 0.15) is 0 Å². The van der Waals surface area contributed by atoms with Crippen molar-refractivity contribution in [2.24, 2.45) is 11.8 Å². The van der Waals surface area contributed by atoms with E-state index in [-0.39, 0.29) is 0 Å². The van der Waals surface area contributed by atoms with Crippen molar-refractivity contribution < 1.29 is 0 Å². The van der Waals surface area contributed by atoms with Crippen molar-refractivity contribution in [1.82, 2.24) is 5.32 Å². The maximum Gasteiger partial charge on any atom is 0.00696 e. The first kappa shape index (κ1) is 14.2. The first-order valence-corrected chi connectivity index (χ1v) is 6.68. The summed E-state index contributed by atoms with van der Waals surface area (Å²) < 4.78 is 0. The number of rotatable bonds is 5. The molecule has 1 nitrogen and oxygen atoms in total. The monoisotopic (exact) mass is 233 g/mol. The molecule has 96 valence electrons. The first-order valence-electron chi connectivity index (χ1n) is 6.68. The molecule has 0 fully saturated rings. The van der Waals surface area contributed by atoms with Crippen LogP contribution in [0.5, 0.6) is 0 Å². The van der Waals surface area contributed by atoms with Crippen LogP contribution >= 0.6 is 0 Å². The molecular formula is C16H27N. The molecule has 2 atom stereocenters. The van der Waals surface area contributed by atoms with E-state index in [0.29, 0.717) is 17.9 Å². The Hall–Kier alpha value is -0.820. The summed E-state index contributed by atoms with van der Waals surface area (Å²) in [5, 5.41) is 3.40. The molecule has 1 aromatic carbocycles. The second-order valence-corrected chi connectivity index (χ2v) is 5.69. The fraction of sp³-hybridized carbons (Fsp3) is 0.625. The van der Waals surface area contributed by atoms with E-state index in [9.17, 15) is 0 Å². The van der Waals surface area contributed by atoms with Crippen LogP contribution in [0.1, 0.15) is 37.5 Å². The van der Waals surface area contributed by atoms with Crippen LogP contribution in [0.4, 0.5) is 0 Å². The van der Waals surface area contributed by atoms with Crippen LogP contribution in [-0.2, 0) is 6.42 Å². The van der Waals surface area contributed by atoms with E-state index in [1.165, 1.54) is 23.1 Å². The van der Waals surface area contributed by atoms with Crippen molar-refractivity contribution in [2.45, 2.75) is 47.1 Å². The minimum Gasteiger partial charge on any atom is -0.317 e. The zero-order chi connectivity index (χ0) is 13.0. The Morgan fingerprint density at radius 3 is 1.94 bits per heavy atom. The lowest BCUT2D eigenvalue weighted by Crippen LogP contribution is -2.35. The van der Waals surface area contributed by atoms with Gasteiger partial charge in [-0.3, -0.25) is 0 Å². The Bertz CT molecular complexity index is 334. The van der Waals surface area contributed by atoms with Gasteiger partial charge in [0.15, 0.2) is 0 Å². The van der Waals surface area contributed by atoms with Gasteiger partial charge in [-0.1, -0.05) is 43.2 Å². The molecule has 0 aliphatic carbocycles. The molecule has 0 amide bonds. The van der Waals surface area contributed by atoms with Gasteiger partial charge in [-0.05, 0) is 51.6 Å². The van der Waals surface area contributed by atoms with E-state index in [1.54, 1.807) is 0 Å². The van der Waals surface area contributed by atoms with Crippen molar-refractivity contribution in [3.05, 3.63) is 34.9 Å². The molecule has 0 saturated heterocycles. The van der Waals surface area contributed by atoms with Crippen molar-refractivity contribution in [3.63, 3.8) is 0 Å². The Kier molecular flexibility index (Phi) is 5.20. The lowest BCUT2D eigenvalue weighted by atomic mass is 9.83. The second kappa shape index (κ2) is 6.20. The number of benzene rings is 1. The number of hydrogen-bond donors (Lipinski definition) is 1. The van der Waals surface area contributed by atoms with E-state index in [2.05, 4.69) is 65.2 Å². The zero-order valence-electron chi connectivity index (χ0n) is 12.2. The Balaban J connectivity index is 2.85. The Morgan fingerprint density at radius 2 is 1.53 bits per heavy atom. The summed E-state index contributed by atoms with van der Waals surface area (Å²) in [7, 11) is 2.06. The third-order valence-electron chi connectivity index (χ3n) is 3.71. The highest BCUT2D eigenvalue weighted by Crippen LogP contribution is 2.22. The van der Waals surface area contributed by atoms with Gasteiger partial charge in [0, 0.05) is 6.04 Å². The smallest absolute Gasteiger partial charge is 0.00696 e. The lowest BCUT2D eigenvalue weighted by molar-refractivity contribution is 0.300. The highest BCUT2D eigenvalue weighted by molar-refractivity contribution is 5.29. The molecule has 0 bridgehead atoms. The van der Waals surface area contributed by atoms with Gasteiger partial charge in [-0.15, -0.1) is 0 Å². The van der Waals surface area contributed by atoms with Crippen molar-refractivity contribution in [3.8, 4) is 0 Å². The van der Waals surface area contributed by atoms with Gasteiger partial charge in [-0.2, -0.15) is 0 Å². The molecule has 0 saturated carbocycles. The van der Waals surface area contributed by atoms with Crippen LogP contribution in [0.2, 0.25) is 0 Å². The van der Waals surface area contributed by atoms with Crippen LogP contribution in [-0.4, -0.2) is 13.1 Å². The van der Waals surface area contributed by atoms with E-state index in [0.717, 1.165) is 0 Å². The molecule has 0 heterocycles. The Labute approximate surface area is 107 Å². The summed E-state index contributed by atoms with van der Waals surface area (Å²) in [5.41, 5.74) is 4.22. The van der Waals surface area contributed by atoms with Crippen molar-refractivity contribution >= 4 is 0 Å². The summed E-state index contributed by atoms with van der Waals surface area (Å²) in [6, 6.07) is 7.46. The number of nitrogens with one attached hydrogen (secondary N) is 1. The van der Waals surface area contributed by atoms with Crippen LogP contribution in [0.15, 0.2) is 18.2 Å². The van der Waals surface area contributed by atoms with Gasteiger partial charge >= 0.3 is 0 Å². The summed E-state index contributed by atoms with van der Waals surface area (Å²) in [6.45, 7) is 11.3. The van der Waals surface area contributed by atoms with Gasteiger partial charge in [0.05, 0.1) is 0 Å². The molecule has 0 aromatic heterocycles. The minimum atomic E-state index is 0.566. The molecule has 2 unspecified atom stereocenters. The molecular weight excluding hydrogens is 206 g/mol. The minimum absolute atomic E-state index is 0.566. The third kappa shape index (κ3) is 4.16. The van der Waals surface area contributed by atoms with E-state index in [4.69, 9.17) is 0 Å². The number of aryl methyl sites for hydroxylation is 2. The van der Waals surface area contributed by atoms with E-state index >= 15 is 0 Å². The standard InChI is InChI=1S/C16H27N/c1-11(2)16(14(5)17-6)10-15-8-12(3)7-13(4)9-15/h7-9,11,14,16-17H,10H2,1-6H3. The predicted octanol–water partition coefficient (Wildman–Crippen LogP) is 3.73. The molecule has 0 aliphatic rings. The highest BCUT2D eigenvalue weighted by atomic mass is 14.9. The van der Waals surface area contributed by atoms with Gasteiger partial charge in [0.25, 0.3) is 0 Å². The molecule has 17 heavy (non-hydrogen) atoms. The van der Waals surface area contributed by atoms with Crippen molar-refractivity contribution in [2.75, 3.05) is 7.05 Å². The average molecular weight is 233 g/mol. The summed E-state index contributed by atoms with van der Waals surface area (Å²) in [5.74, 6) is 1.40. The van der Waals surface area contributed by atoms with E-state index < -0.39 is 0 Å². The van der Waals surface area contributed by atoms with Crippen LogP contribution in [0, 0.1) is 25.7 Å². The second-order valence-electron chi connectivity index (χ2n) is 5.69. The predicted molar refractivity (Wildman–Crippen MR) is 76.5 cm³/mol. The maximum absolute atomic E-state index is 3.40. The van der Waals surface area contributed by atoms with Gasteiger partial charge in [0.2, 0.25) is 0 Å². The summed E-state index contributed by atoms with van der Waals surface area (Å²) in [4.78, 5) is 0. The SMILES string of the molecule is CNC(C)C(Cc1cc(C)cc(C)c1)C(C)C. The molecule has 1 N–H and O–H groups in total. The molecule has 0 aliphatic heterocycles. The van der Waals surface area contributed by atoms with E-state index in [1.807, 2.05) is 0 Å². The largest absolute Gasteiger partial charge is 0.317 e. The topological polar surface area (TPSA) is 12.0 Å². The fourth-order valence-corrected chi connectivity index (χ4v) is 2.66. The molecule has 0 spiro atoms. The maximum atomic E-state index is 3.40. The van der Waals surface area contributed by atoms with Gasteiger partial charge < -0.3 is 5.32 Å². The number of hydrogen-bond acceptors (Lipinski definition) is 1. The zero-order valence-corrected chi connectivity index (χ0v) is 12.2. The summed E-state index contributed by atoms with van der Waals surface area (Å²) in [6.07, 6.45) is 1.17. The van der Waals surface area contributed by atoms with Gasteiger partial charge in [-0.25, -0.2) is 0 Å². The van der Waals surface area contributed by atoms with Crippen molar-refractivity contribution in [1.29, 1.82) is 0 Å². The van der Waals surface area contributed by atoms with Crippen LogP contribution in [0.3, 0.4) is 0 Å². The Morgan fingerprint density at radius 1 is 1.00 bits per heavy atom. The molecule has 1 aromatic rings.